The first-order chi connectivity index (χ1) is 23.4. The lowest BCUT2D eigenvalue weighted by atomic mass is 9.92. The lowest BCUT2D eigenvalue weighted by Crippen LogP contribution is -2.49. The number of hydrogen-bond donors (Lipinski definition) is 1. The molecular weight excluding hydrogens is 643 g/mol. The number of rotatable bonds is 21. The zero-order chi connectivity index (χ0) is 35.9. The van der Waals surface area contributed by atoms with Gasteiger partial charge >= 0.3 is 24.0 Å². The Hall–Kier alpha value is -3.95. The van der Waals surface area contributed by atoms with E-state index in [1.54, 1.807) is 6.07 Å². The van der Waals surface area contributed by atoms with Crippen LogP contribution in [-0.4, -0.2) is 41.9 Å². The summed E-state index contributed by atoms with van der Waals surface area (Å²) < 4.78 is 79.3. The molecule has 1 atom stereocenters. The summed E-state index contributed by atoms with van der Waals surface area (Å²) in [5, 5.41) is 9.64. The van der Waals surface area contributed by atoms with Gasteiger partial charge in [0.1, 0.15) is 5.75 Å². The van der Waals surface area contributed by atoms with Crippen molar-refractivity contribution >= 4 is 11.9 Å². The van der Waals surface area contributed by atoms with Crippen molar-refractivity contribution in [3.63, 3.8) is 0 Å². The maximum absolute atomic E-state index is 14.4. The minimum absolute atomic E-state index is 0.0213. The van der Waals surface area contributed by atoms with E-state index < -0.39 is 36.6 Å². The molecule has 3 aromatic carbocycles. The van der Waals surface area contributed by atoms with Crippen LogP contribution >= 0.6 is 0 Å². The number of carboxylic acid groups (broad SMARTS) is 1. The van der Waals surface area contributed by atoms with Crippen molar-refractivity contribution in [1.82, 2.24) is 0 Å². The van der Waals surface area contributed by atoms with E-state index >= 15 is 0 Å². The molecule has 0 aliphatic rings. The molecule has 3 rings (SSSR count). The van der Waals surface area contributed by atoms with Crippen molar-refractivity contribution in [2.24, 2.45) is 0 Å². The molecule has 1 unspecified atom stereocenters. The van der Waals surface area contributed by atoms with E-state index in [1.165, 1.54) is 62.1 Å². The molecule has 0 saturated carbocycles. The summed E-state index contributed by atoms with van der Waals surface area (Å²) in [5.74, 6) is -6.96. The van der Waals surface area contributed by atoms with Crippen molar-refractivity contribution in [2.75, 3.05) is 6.61 Å². The molecule has 10 heteroatoms. The van der Waals surface area contributed by atoms with Crippen LogP contribution in [0.15, 0.2) is 66.7 Å². The molecule has 5 nitrogen and oxygen atoms in total. The number of esters is 1. The van der Waals surface area contributed by atoms with Crippen LogP contribution in [0.3, 0.4) is 0 Å². The third-order valence-electron chi connectivity index (χ3n) is 8.48. The molecule has 0 amide bonds. The van der Waals surface area contributed by atoms with Crippen molar-refractivity contribution in [1.29, 1.82) is 0 Å². The van der Waals surface area contributed by atoms with Crippen molar-refractivity contribution < 1.29 is 46.1 Å². The summed E-state index contributed by atoms with van der Waals surface area (Å²) >= 11 is 0. The van der Waals surface area contributed by atoms with Crippen molar-refractivity contribution in [3.8, 4) is 28.0 Å². The van der Waals surface area contributed by atoms with Gasteiger partial charge in [0.2, 0.25) is 0 Å². The number of ether oxygens (including phenoxy) is 2. The van der Waals surface area contributed by atoms with E-state index in [-0.39, 0.29) is 17.5 Å². The Bertz CT molecular complexity index is 1450. The number of alkyl halides is 5. The van der Waals surface area contributed by atoms with E-state index in [4.69, 9.17) is 9.47 Å². The van der Waals surface area contributed by atoms with Gasteiger partial charge in [-0.1, -0.05) is 108 Å². The molecule has 0 bridgehead atoms. The molecule has 1 N–H and O–H groups in total. The third-order valence-corrected chi connectivity index (χ3v) is 8.48. The Labute approximate surface area is 285 Å². The van der Waals surface area contributed by atoms with Crippen LogP contribution in [0.1, 0.15) is 118 Å². The zero-order valence-corrected chi connectivity index (χ0v) is 28.3. The Balaban J connectivity index is 1.77. The number of hydrogen-bond acceptors (Lipinski definition) is 4. The van der Waals surface area contributed by atoms with E-state index in [1.807, 2.05) is 31.2 Å². The summed E-state index contributed by atoms with van der Waals surface area (Å²) in [6.07, 6.45) is 1.67. The van der Waals surface area contributed by atoms with E-state index in [2.05, 4.69) is 6.92 Å². The van der Waals surface area contributed by atoms with Crippen LogP contribution < -0.4 is 4.74 Å². The highest BCUT2D eigenvalue weighted by atomic mass is 19.4. The van der Waals surface area contributed by atoms with E-state index in [9.17, 15) is 36.6 Å². The first-order valence-corrected chi connectivity index (χ1v) is 17.3. The zero-order valence-electron chi connectivity index (χ0n) is 28.3. The van der Waals surface area contributed by atoms with Crippen LogP contribution in [0.2, 0.25) is 0 Å². The average molecular weight is 691 g/mol. The second-order valence-corrected chi connectivity index (χ2v) is 12.4. The lowest BCUT2D eigenvalue weighted by molar-refractivity contribution is -0.312. The average Bonchev–Trinajstić information content (AvgIpc) is 3.08. The summed E-state index contributed by atoms with van der Waals surface area (Å²) in [7, 11) is 0. The lowest BCUT2D eigenvalue weighted by Gasteiger charge is -2.28. The van der Waals surface area contributed by atoms with Crippen LogP contribution in [0, 0.1) is 0 Å². The standard InChI is InChI=1S/C39H47F5O5/c1-3-5-7-9-11-13-15-35(38(40,41)39(42,43)44)49-37(47)30-18-16-29(17-19-30)34-27-31(36(45)46)22-25-33(34)28-20-23-32(24-21-28)48-26-14-12-10-8-6-4-2/h16-25,27,35H,3-15,26H2,1-2H3,(H,45,46). The van der Waals surface area contributed by atoms with Crippen molar-refractivity contribution in [3.05, 3.63) is 77.9 Å². The van der Waals surface area contributed by atoms with Crippen LogP contribution in [0.5, 0.6) is 5.75 Å². The van der Waals surface area contributed by atoms with Crippen molar-refractivity contribution in [2.45, 2.75) is 116 Å². The van der Waals surface area contributed by atoms with Gasteiger partial charge in [-0.15, -0.1) is 0 Å². The Morgan fingerprint density at radius 3 is 1.73 bits per heavy atom. The normalized spacial score (nSPS) is 12.5. The highest BCUT2D eigenvalue weighted by Gasteiger charge is 2.63. The summed E-state index contributed by atoms with van der Waals surface area (Å²) in [5.41, 5.74) is 2.29. The molecule has 0 fully saturated rings. The predicted molar refractivity (Wildman–Crippen MR) is 181 cm³/mol. The minimum atomic E-state index is -5.88. The molecule has 268 valence electrons. The molecule has 0 saturated heterocycles. The summed E-state index contributed by atoms with van der Waals surface area (Å²) in [4.78, 5) is 24.7. The molecule has 3 aromatic rings. The first-order valence-electron chi connectivity index (χ1n) is 17.3. The Kier molecular flexibility index (Phi) is 15.5. The molecular formula is C39H47F5O5. The Morgan fingerprint density at radius 2 is 1.16 bits per heavy atom. The summed E-state index contributed by atoms with van der Waals surface area (Å²) in [6, 6.07) is 17.5. The van der Waals surface area contributed by atoms with Gasteiger partial charge in [-0.25, -0.2) is 9.59 Å². The van der Waals surface area contributed by atoms with E-state index in [0.717, 1.165) is 37.7 Å². The number of benzene rings is 3. The third kappa shape index (κ3) is 11.9. The number of aromatic carboxylic acids is 1. The topological polar surface area (TPSA) is 72.8 Å². The maximum Gasteiger partial charge on any atom is 0.457 e. The molecule has 0 spiro atoms. The number of carbonyl (C=O) groups excluding carboxylic acids is 1. The number of halogens is 5. The SMILES string of the molecule is CCCCCCCCOc1ccc(-c2ccc(C(=O)O)cc2-c2ccc(C(=O)OC(CCCCCCCC)C(F)(F)C(F)(F)F)cc2)cc1. The van der Waals surface area contributed by atoms with Gasteiger partial charge in [-0.2, -0.15) is 22.0 Å². The minimum Gasteiger partial charge on any atom is -0.494 e. The van der Waals surface area contributed by atoms with Gasteiger partial charge in [0.15, 0.2) is 6.10 Å². The van der Waals surface area contributed by atoms with Gasteiger partial charge in [0.25, 0.3) is 0 Å². The van der Waals surface area contributed by atoms with Gasteiger partial charge in [-0.05, 0) is 77.9 Å². The second kappa shape index (κ2) is 19.3. The Morgan fingerprint density at radius 1 is 0.653 bits per heavy atom. The van der Waals surface area contributed by atoms with Crippen LogP contribution in [-0.2, 0) is 4.74 Å². The predicted octanol–water partition coefficient (Wildman–Crippen LogP) is 11.9. The number of unbranched alkanes of at least 4 members (excludes halogenated alkanes) is 10. The van der Waals surface area contributed by atoms with Gasteiger partial charge in [-0.3, -0.25) is 0 Å². The number of carbonyl (C=O) groups is 2. The first kappa shape index (κ1) is 39.5. The van der Waals surface area contributed by atoms with Gasteiger partial charge < -0.3 is 14.6 Å². The van der Waals surface area contributed by atoms with Crippen LogP contribution in [0.25, 0.3) is 22.3 Å². The van der Waals surface area contributed by atoms with Crippen LogP contribution in [0.4, 0.5) is 22.0 Å². The van der Waals surface area contributed by atoms with Gasteiger partial charge in [0, 0.05) is 0 Å². The highest BCUT2D eigenvalue weighted by Crippen LogP contribution is 2.41. The fourth-order valence-corrected chi connectivity index (χ4v) is 5.56. The molecule has 0 heterocycles. The second-order valence-electron chi connectivity index (χ2n) is 12.4. The molecule has 49 heavy (non-hydrogen) atoms. The number of carboxylic acids is 1. The smallest absolute Gasteiger partial charge is 0.457 e. The van der Waals surface area contributed by atoms with Gasteiger partial charge in [0.05, 0.1) is 17.7 Å². The quantitative estimate of drug-likeness (QED) is 0.0684. The highest BCUT2D eigenvalue weighted by molar-refractivity contribution is 5.94. The molecule has 0 aromatic heterocycles. The molecule has 0 aliphatic heterocycles. The molecule has 0 radical (unpaired) electrons. The fourth-order valence-electron chi connectivity index (χ4n) is 5.56. The monoisotopic (exact) mass is 690 g/mol. The van der Waals surface area contributed by atoms with E-state index in [0.29, 0.717) is 41.9 Å². The largest absolute Gasteiger partial charge is 0.494 e. The molecule has 0 aliphatic carbocycles. The fraction of sp³-hybridized carbons (Fsp3) is 0.487. The summed E-state index contributed by atoms with van der Waals surface area (Å²) in [6.45, 7) is 4.79. The maximum atomic E-state index is 14.4.